The maximum absolute atomic E-state index is 11.8. The molecule has 0 saturated carbocycles. The van der Waals surface area contributed by atoms with E-state index in [4.69, 9.17) is 9.47 Å². The van der Waals surface area contributed by atoms with Crippen molar-refractivity contribution in [2.24, 2.45) is 0 Å². The van der Waals surface area contributed by atoms with Crippen LogP contribution in [-0.4, -0.2) is 39.9 Å². The number of Topliss-reactive ketones (excluding diaryl/α,β-unsaturated/α-hetero) is 1. The van der Waals surface area contributed by atoms with Crippen LogP contribution in [0.5, 0.6) is 11.5 Å². The molecule has 17 heavy (non-hydrogen) atoms. The lowest BCUT2D eigenvalue weighted by atomic mass is 10.0. The van der Waals surface area contributed by atoms with Crippen LogP contribution in [0.2, 0.25) is 0 Å². The van der Waals surface area contributed by atoms with Gasteiger partial charge in [0, 0.05) is 11.1 Å². The van der Waals surface area contributed by atoms with Crippen LogP contribution in [0.15, 0.2) is 12.1 Å². The highest BCUT2D eigenvalue weighted by molar-refractivity contribution is 6.04. The molecule has 0 heterocycles. The number of carbonyl (C=O) groups is 2. The van der Waals surface area contributed by atoms with E-state index >= 15 is 0 Å². The lowest BCUT2D eigenvalue weighted by molar-refractivity contribution is 0.0986. The van der Waals surface area contributed by atoms with E-state index in [9.17, 15) is 9.59 Å². The summed E-state index contributed by atoms with van der Waals surface area (Å²) in [7, 11) is 4.62. The second-order valence-corrected chi connectivity index (χ2v) is 3.37. The van der Waals surface area contributed by atoms with Gasteiger partial charge >= 0.3 is 0 Å². The fourth-order valence-corrected chi connectivity index (χ4v) is 1.49. The Balaban J connectivity index is 3.28. The Morgan fingerprint density at radius 3 is 2.35 bits per heavy atom. The van der Waals surface area contributed by atoms with E-state index in [0.29, 0.717) is 28.9 Å². The summed E-state index contributed by atoms with van der Waals surface area (Å²) in [6.07, 6.45) is 0.630. The number of ether oxygens (including phenoxy) is 2. The quantitative estimate of drug-likeness (QED) is 0.588. The van der Waals surface area contributed by atoms with E-state index in [1.165, 1.54) is 26.4 Å². The van der Waals surface area contributed by atoms with Gasteiger partial charge in [-0.25, -0.2) is 0 Å². The number of benzene rings is 1. The number of likely N-dealkylation sites (N-methyl/N-ethyl adjacent to an activating group) is 1. The fraction of sp³-hybridized carbons (Fsp3) is 0.333. The molecule has 0 aromatic heterocycles. The van der Waals surface area contributed by atoms with Gasteiger partial charge in [-0.2, -0.15) is 0 Å². The highest BCUT2D eigenvalue weighted by Gasteiger charge is 2.15. The minimum atomic E-state index is -0.171. The van der Waals surface area contributed by atoms with Gasteiger partial charge in [0.1, 0.15) is 0 Å². The number of rotatable bonds is 6. The van der Waals surface area contributed by atoms with E-state index < -0.39 is 0 Å². The van der Waals surface area contributed by atoms with E-state index in [1.54, 1.807) is 7.05 Å². The standard InChI is InChI=1S/C12H15NO4/c1-13-6-10(15)9-5-12(17-3)11(16-2)4-8(9)7-14/h4-5,7,13H,6H2,1-3H3. The van der Waals surface area contributed by atoms with E-state index in [0.717, 1.165) is 0 Å². The van der Waals surface area contributed by atoms with Gasteiger partial charge in [0.2, 0.25) is 0 Å². The number of methoxy groups -OCH3 is 2. The SMILES string of the molecule is CNCC(=O)c1cc(OC)c(OC)cc1C=O. The highest BCUT2D eigenvalue weighted by Crippen LogP contribution is 2.30. The first-order valence-corrected chi connectivity index (χ1v) is 5.07. The minimum absolute atomic E-state index is 0.163. The van der Waals surface area contributed by atoms with Crippen LogP contribution in [0.25, 0.3) is 0 Å². The van der Waals surface area contributed by atoms with Crippen LogP contribution >= 0.6 is 0 Å². The molecule has 0 aliphatic carbocycles. The number of carbonyl (C=O) groups excluding carboxylic acids is 2. The van der Waals surface area contributed by atoms with Crippen LogP contribution in [0.4, 0.5) is 0 Å². The maximum Gasteiger partial charge on any atom is 0.177 e. The van der Waals surface area contributed by atoms with E-state index in [1.807, 2.05) is 0 Å². The molecule has 5 heteroatoms. The first-order valence-electron chi connectivity index (χ1n) is 5.07. The summed E-state index contributed by atoms with van der Waals surface area (Å²) in [5.41, 5.74) is 0.620. The summed E-state index contributed by atoms with van der Waals surface area (Å²) < 4.78 is 10.2. The van der Waals surface area contributed by atoms with E-state index in [2.05, 4.69) is 5.32 Å². The third-order valence-corrected chi connectivity index (χ3v) is 2.32. The summed E-state index contributed by atoms with van der Waals surface area (Å²) in [4.78, 5) is 22.7. The molecule has 1 aromatic carbocycles. The number of hydrogen-bond acceptors (Lipinski definition) is 5. The molecule has 0 aliphatic heterocycles. The summed E-state index contributed by atoms with van der Waals surface area (Å²) in [6.45, 7) is 0.163. The molecule has 1 rings (SSSR count). The average Bonchev–Trinajstić information content (AvgIpc) is 2.37. The molecule has 0 amide bonds. The monoisotopic (exact) mass is 237 g/mol. The topological polar surface area (TPSA) is 64.6 Å². The third kappa shape index (κ3) is 2.82. The Labute approximate surface area is 99.7 Å². The van der Waals surface area contributed by atoms with Crippen LogP contribution in [-0.2, 0) is 0 Å². The Kier molecular flexibility index (Phi) is 4.66. The molecule has 5 nitrogen and oxygen atoms in total. The molecule has 0 bridgehead atoms. The molecular weight excluding hydrogens is 222 g/mol. The normalized spacial score (nSPS) is 9.82. The van der Waals surface area contributed by atoms with Crippen LogP contribution in [0.3, 0.4) is 0 Å². The summed E-state index contributed by atoms with van der Waals surface area (Å²) >= 11 is 0. The largest absolute Gasteiger partial charge is 0.493 e. The van der Waals surface area contributed by atoms with E-state index in [-0.39, 0.29) is 12.3 Å². The minimum Gasteiger partial charge on any atom is -0.493 e. The smallest absolute Gasteiger partial charge is 0.177 e. The second-order valence-electron chi connectivity index (χ2n) is 3.37. The van der Waals surface area contributed by atoms with Crippen molar-refractivity contribution < 1.29 is 19.1 Å². The molecular formula is C12H15NO4. The van der Waals surface area contributed by atoms with Gasteiger partial charge < -0.3 is 14.8 Å². The molecule has 1 aromatic rings. The van der Waals surface area contributed by atoms with Gasteiger partial charge in [-0.1, -0.05) is 0 Å². The number of aldehydes is 1. The van der Waals surface area contributed by atoms with Gasteiger partial charge in [-0.15, -0.1) is 0 Å². The molecule has 0 atom stereocenters. The average molecular weight is 237 g/mol. The first kappa shape index (κ1) is 13.2. The summed E-state index contributed by atoms with van der Waals surface area (Å²) in [5.74, 6) is 0.684. The molecule has 0 fully saturated rings. The van der Waals surface area contributed by atoms with Gasteiger partial charge in [0.15, 0.2) is 23.6 Å². The van der Waals surface area contributed by atoms with Gasteiger partial charge in [0.25, 0.3) is 0 Å². The number of ketones is 1. The van der Waals surface area contributed by atoms with Gasteiger partial charge in [-0.3, -0.25) is 9.59 Å². The predicted molar refractivity (Wildman–Crippen MR) is 63.2 cm³/mol. The third-order valence-electron chi connectivity index (χ3n) is 2.32. The maximum atomic E-state index is 11.8. The fourth-order valence-electron chi connectivity index (χ4n) is 1.49. The van der Waals surface area contributed by atoms with Gasteiger partial charge in [-0.05, 0) is 19.2 Å². The van der Waals surface area contributed by atoms with Crippen molar-refractivity contribution in [3.8, 4) is 11.5 Å². The number of nitrogens with one attached hydrogen (secondary N) is 1. The Morgan fingerprint density at radius 1 is 1.29 bits per heavy atom. The molecule has 92 valence electrons. The Morgan fingerprint density at radius 2 is 1.88 bits per heavy atom. The lowest BCUT2D eigenvalue weighted by Gasteiger charge is -2.11. The Bertz CT molecular complexity index is 429. The number of hydrogen-bond donors (Lipinski definition) is 1. The molecule has 0 aliphatic rings. The highest BCUT2D eigenvalue weighted by atomic mass is 16.5. The second kappa shape index (κ2) is 6.00. The zero-order valence-electron chi connectivity index (χ0n) is 10.1. The van der Waals surface area contributed by atoms with Crippen LogP contribution in [0, 0.1) is 0 Å². The zero-order valence-corrected chi connectivity index (χ0v) is 10.1. The molecule has 0 unspecified atom stereocenters. The van der Waals surface area contributed by atoms with Crippen molar-refractivity contribution in [2.45, 2.75) is 0 Å². The lowest BCUT2D eigenvalue weighted by Crippen LogP contribution is -2.20. The zero-order chi connectivity index (χ0) is 12.8. The predicted octanol–water partition coefficient (Wildman–Crippen LogP) is 0.918. The Hall–Kier alpha value is -1.88. The van der Waals surface area contributed by atoms with Crippen molar-refractivity contribution in [2.75, 3.05) is 27.8 Å². The summed E-state index contributed by atoms with van der Waals surface area (Å²) in [5, 5.41) is 2.75. The molecule has 0 spiro atoms. The van der Waals surface area contributed by atoms with Crippen molar-refractivity contribution in [3.63, 3.8) is 0 Å². The van der Waals surface area contributed by atoms with Gasteiger partial charge in [0.05, 0.1) is 20.8 Å². The van der Waals surface area contributed by atoms with Crippen LogP contribution in [0.1, 0.15) is 20.7 Å². The molecule has 1 N–H and O–H groups in total. The summed E-state index contributed by atoms with van der Waals surface area (Å²) in [6, 6.07) is 3.01. The van der Waals surface area contributed by atoms with Crippen LogP contribution < -0.4 is 14.8 Å². The van der Waals surface area contributed by atoms with Crippen molar-refractivity contribution in [1.82, 2.24) is 5.32 Å². The molecule has 0 radical (unpaired) electrons. The first-order chi connectivity index (χ1) is 8.17. The van der Waals surface area contributed by atoms with Crippen molar-refractivity contribution in [1.29, 1.82) is 0 Å². The van der Waals surface area contributed by atoms with Crippen molar-refractivity contribution in [3.05, 3.63) is 23.3 Å². The molecule has 0 saturated heterocycles. The van der Waals surface area contributed by atoms with Crippen molar-refractivity contribution >= 4 is 12.1 Å².